The molecule has 1 N–H and O–H groups in total. The summed E-state index contributed by atoms with van der Waals surface area (Å²) in [5, 5.41) is 2.91. The van der Waals surface area contributed by atoms with Gasteiger partial charge in [0.25, 0.3) is 0 Å². The minimum absolute atomic E-state index is 0.0320. The van der Waals surface area contributed by atoms with E-state index in [0.717, 1.165) is 18.5 Å². The van der Waals surface area contributed by atoms with Gasteiger partial charge in [0.15, 0.2) is 5.78 Å². The summed E-state index contributed by atoms with van der Waals surface area (Å²) in [6, 6.07) is 6.53. The molecule has 29 heavy (non-hydrogen) atoms. The predicted molar refractivity (Wildman–Crippen MR) is 107 cm³/mol. The maximum atomic E-state index is 13.2. The van der Waals surface area contributed by atoms with Crippen LogP contribution in [-0.2, 0) is 14.4 Å². The van der Waals surface area contributed by atoms with Crippen LogP contribution >= 0.6 is 0 Å². The number of hydrogen-bond acceptors (Lipinski definition) is 4. The molecule has 3 fully saturated rings. The minimum atomic E-state index is -0.840. The summed E-state index contributed by atoms with van der Waals surface area (Å²) in [7, 11) is 0. The van der Waals surface area contributed by atoms with Crippen molar-refractivity contribution in [2.75, 3.05) is 24.5 Å². The fourth-order valence-electron chi connectivity index (χ4n) is 4.96. The summed E-state index contributed by atoms with van der Waals surface area (Å²) in [6.45, 7) is 5.76. The van der Waals surface area contributed by atoms with E-state index in [2.05, 4.69) is 17.1 Å². The van der Waals surface area contributed by atoms with Crippen LogP contribution in [0.25, 0.3) is 0 Å². The molecule has 0 spiro atoms. The van der Waals surface area contributed by atoms with Gasteiger partial charge in [-0.1, -0.05) is 6.92 Å². The molecule has 2 saturated heterocycles. The van der Waals surface area contributed by atoms with Crippen molar-refractivity contribution in [3.63, 3.8) is 0 Å². The van der Waals surface area contributed by atoms with Crippen LogP contribution in [0, 0.1) is 17.7 Å². The highest BCUT2D eigenvalue weighted by molar-refractivity contribution is 6.10. The number of halogens is 1. The van der Waals surface area contributed by atoms with Crippen molar-refractivity contribution in [2.45, 2.75) is 51.1 Å². The summed E-state index contributed by atoms with van der Waals surface area (Å²) in [4.78, 5) is 41.6. The fraction of sp³-hybridized carbons (Fsp3) is 0.591. The molecule has 7 heteroatoms. The number of carbonyl (C=O) groups is 3. The average molecular weight is 401 g/mol. The monoisotopic (exact) mass is 401 g/mol. The van der Waals surface area contributed by atoms with Crippen LogP contribution in [0.4, 0.5) is 10.1 Å². The molecule has 6 nitrogen and oxygen atoms in total. The van der Waals surface area contributed by atoms with Crippen LogP contribution in [0.2, 0.25) is 0 Å². The molecule has 156 valence electrons. The highest BCUT2D eigenvalue weighted by Gasteiger charge is 2.56. The Kier molecular flexibility index (Phi) is 5.09. The zero-order valence-electron chi connectivity index (χ0n) is 17.0. The predicted octanol–water partition coefficient (Wildman–Crippen LogP) is 2.13. The maximum absolute atomic E-state index is 13.2. The summed E-state index contributed by atoms with van der Waals surface area (Å²) < 4.78 is 13.2. The molecule has 2 unspecified atom stereocenters. The number of piperazine rings is 1. The Hall–Kier alpha value is -2.44. The number of amides is 2. The van der Waals surface area contributed by atoms with Gasteiger partial charge in [0, 0.05) is 37.3 Å². The molecule has 1 aromatic carbocycles. The number of anilines is 1. The Morgan fingerprint density at radius 2 is 1.93 bits per heavy atom. The Morgan fingerprint density at radius 1 is 1.24 bits per heavy atom. The number of rotatable bonds is 5. The smallest absolute Gasteiger partial charge is 0.228 e. The van der Waals surface area contributed by atoms with Gasteiger partial charge in [-0.3, -0.25) is 14.4 Å². The molecule has 3 aliphatic rings. The second-order valence-corrected chi connectivity index (χ2v) is 8.80. The molecule has 2 heterocycles. The van der Waals surface area contributed by atoms with Crippen molar-refractivity contribution in [3.8, 4) is 0 Å². The van der Waals surface area contributed by atoms with Gasteiger partial charge in [-0.25, -0.2) is 4.39 Å². The largest absolute Gasteiger partial charge is 0.365 e. The molecule has 4 rings (SSSR count). The first-order valence-corrected chi connectivity index (χ1v) is 10.5. The van der Waals surface area contributed by atoms with Crippen LogP contribution in [0.5, 0.6) is 0 Å². The second kappa shape index (κ2) is 7.43. The first kappa shape index (κ1) is 19.9. The van der Waals surface area contributed by atoms with Crippen molar-refractivity contribution < 1.29 is 18.8 Å². The van der Waals surface area contributed by atoms with Crippen LogP contribution < -0.4 is 10.2 Å². The Bertz CT molecular complexity index is 823. The van der Waals surface area contributed by atoms with Crippen LogP contribution in [0.1, 0.15) is 39.5 Å². The number of nitrogens with zero attached hydrogens (tertiary/aromatic N) is 2. The first-order chi connectivity index (χ1) is 13.8. The summed E-state index contributed by atoms with van der Waals surface area (Å²) >= 11 is 0. The van der Waals surface area contributed by atoms with Gasteiger partial charge in [0.1, 0.15) is 11.4 Å². The quantitative estimate of drug-likeness (QED) is 0.768. The molecule has 0 bridgehead atoms. The fourth-order valence-corrected chi connectivity index (χ4v) is 4.96. The van der Waals surface area contributed by atoms with Gasteiger partial charge in [-0.15, -0.1) is 0 Å². The highest BCUT2D eigenvalue weighted by atomic mass is 19.1. The van der Waals surface area contributed by atoms with Crippen molar-refractivity contribution in [3.05, 3.63) is 30.1 Å². The lowest BCUT2D eigenvalue weighted by molar-refractivity contribution is -0.137. The Balaban J connectivity index is 1.40. The Morgan fingerprint density at radius 3 is 2.48 bits per heavy atom. The zero-order valence-corrected chi connectivity index (χ0v) is 17.0. The lowest BCUT2D eigenvalue weighted by Crippen LogP contribution is -2.56. The molecule has 1 aromatic rings. The van der Waals surface area contributed by atoms with E-state index in [1.165, 1.54) is 12.1 Å². The lowest BCUT2D eigenvalue weighted by atomic mass is 9.81. The molecule has 1 saturated carbocycles. The zero-order chi connectivity index (χ0) is 20.8. The topological polar surface area (TPSA) is 69.7 Å². The summed E-state index contributed by atoms with van der Waals surface area (Å²) in [5.41, 5.74) is 0.110. The number of ketones is 1. The van der Waals surface area contributed by atoms with E-state index in [1.807, 2.05) is 11.8 Å². The van der Waals surface area contributed by atoms with Crippen LogP contribution in [-0.4, -0.2) is 53.7 Å². The molecule has 1 aliphatic carbocycles. The van der Waals surface area contributed by atoms with E-state index in [9.17, 15) is 18.8 Å². The van der Waals surface area contributed by atoms with Crippen molar-refractivity contribution in [2.24, 2.45) is 11.8 Å². The molecule has 0 radical (unpaired) electrons. The third-order valence-corrected chi connectivity index (χ3v) is 6.60. The molecular weight excluding hydrogens is 373 g/mol. The Labute approximate surface area is 170 Å². The number of Topliss-reactive ketones (excluding diaryl/α,β-unsaturated/α-hetero) is 1. The van der Waals surface area contributed by atoms with E-state index >= 15 is 0 Å². The van der Waals surface area contributed by atoms with Crippen molar-refractivity contribution in [1.29, 1.82) is 0 Å². The van der Waals surface area contributed by atoms with E-state index in [1.54, 1.807) is 12.1 Å². The molecule has 2 aliphatic heterocycles. The van der Waals surface area contributed by atoms with E-state index in [-0.39, 0.29) is 47.7 Å². The standard InChI is InChI=1S/C22H28FN3O3/c1-14(12-22(16-3-4-16)19(27)11-20(28)24-22)21(29)25-9-10-26(15(2)13-25)18-7-5-17(23)6-8-18/h5-8,14-16H,3-4,9-13H2,1-2H3,(H,24,28)/t14?,15-,22?/m0/s1. The SMILES string of the molecule is CC(CC1(C2CC2)NC(=O)CC1=O)C(=O)N1CCN(c2ccc(F)cc2)[C@@H](C)C1. The van der Waals surface area contributed by atoms with Gasteiger partial charge in [0.05, 0.1) is 6.42 Å². The second-order valence-electron chi connectivity index (χ2n) is 8.80. The summed E-state index contributed by atoms with van der Waals surface area (Å²) in [5.74, 6) is -0.664. The number of nitrogens with one attached hydrogen (secondary N) is 1. The van der Waals surface area contributed by atoms with E-state index in [4.69, 9.17) is 0 Å². The maximum Gasteiger partial charge on any atom is 0.228 e. The third kappa shape index (κ3) is 3.74. The normalized spacial score (nSPS) is 28.4. The average Bonchev–Trinajstić information content (AvgIpc) is 3.49. The number of benzene rings is 1. The number of carbonyl (C=O) groups excluding carboxylic acids is 3. The summed E-state index contributed by atoms with van der Waals surface area (Å²) in [6.07, 6.45) is 2.18. The van der Waals surface area contributed by atoms with Crippen LogP contribution in [0.3, 0.4) is 0 Å². The third-order valence-electron chi connectivity index (χ3n) is 6.60. The minimum Gasteiger partial charge on any atom is -0.365 e. The van der Waals surface area contributed by atoms with E-state index < -0.39 is 5.54 Å². The molecule has 3 atom stereocenters. The molecule has 0 aromatic heterocycles. The van der Waals surface area contributed by atoms with Crippen molar-refractivity contribution >= 4 is 23.3 Å². The van der Waals surface area contributed by atoms with Crippen LogP contribution in [0.15, 0.2) is 24.3 Å². The molecule has 2 amide bonds. The molecular formula is C22H28FN3O3. The van der Waals surface area contributed by atoms with Gasteiger partial charge in [-0.2, -0.15) is 0 Å². The van der Waals surface area contributed by atoms with Crippen molar-refractivity contribution in [1.82, 2.24) is 10.2 Å². The highest BCUT2D eigenvalue weighted by Crippen LogP contribution is 2.46. The van der Waals surface area contributed by atoms with Gasteiger partial charge >= 0.3 is 0 Å². The van der Waals surface area contributed by atoms with E-state index in [0.29, 0.717) is 26.1 Å². The first-order valence-electron chi connectivity index (χ1n) is 10.5. The number of hydrogen-bond donors (Lipinski definition) is 1. The van der Waals surface area contributed by atoms with Gasteiger partial charge < -0.3 is 15.1 Å². The lowest BCUT2D eigenvalue weighted by Gasteiger charge is -2.42. The van der Waals surface area contributed by atoms with Gasteiger partial charge in [0.2, 0.25) is 11.8 Å². The van der Waals surface area contributed by atoms with Gasteiger partial charge in [-0.05, 0) is 56.4 Å².